The lowest BCUT2D eigenvalue weighted by Crippen LogP contribution is -2.38. The second kappa shape index (κ2) is 8.61. The third kappa shape index (κ3) is 4.61. The highest BCUT2D eigenvalue weighted by atomic mass is 32.2. The van der Waals surface area contributed by atoms with Gasteiger partial charge in [0.2, 0.25) is 5.95 Å². The Labute approximate surface area is 184 Å². The predicted molar refractivity (Wildman–Crippen MR) is 119 cm³/mol. The number of hydrogen-bond acceptors (Lipinski definition) is 6. The molecule has 1 amide bonds. The highest BCUT2D eigenvalue weighted by Gasteiger charge is 2.31. The molecule has 8 nitrogen and oxygen atoms in total. The first-order valence-corrected chi connectivity index (χ1v) is 12.9. The van der Waals surface area contributed by atoms with Crippen LogP contribution in [0.15, 0.2) is 17.2 Å². The number of aromatic nitrogens is 3. The Morgan fingerprint density at radius 1 is 1.10 bits per heavy atom. The minimum Gasteiger partial charge on any atom is -0.362 e. The summed E-state index contributed by atoms with van der Waals surface area (Å²) in [5.74, 6) is 0.647. The molecular formula is C22H31N5O3S. The summed E-state index contributed by atoms with van der Waals surface area (Å²) in [5.41, 5.74) is 3.17. The molecule has 9 heteroatoms. The number of carbonyl (C=O) groups is 1. The highest BCUT2D eigenvalue weighted by Crippen LogP contribution is 2.33. The van der Waals surface area contributed by atoms with Crippen LogP contribution in [-0.2, 0) is 9.84 Å². The lowest BCUT2D eigenvalue weighted by atomic mass is 9.93. The van der Waals surface area contributed by atoms with Crippen LogP contribution in [0.3, 0.4) is 0 Å². The molecule has 2 aromatic rings. The molecular weight excluding hydrogens is 414 g/mol. The SMILES string of the molecule is Cc1cc(C(=O)N2CCC(c3nc(N4CCCCC4)ncc3S(C)(=O)=O)CC2)c(C)[nH]1. The topological polar surface area (TPSA) is 99.3 Å². The fraction of sp³-hybridized carbons (Fsp3) is 0.591. The van der Waals surface area contributed by atoms with Gasteiger partial charge in [-0.25, -0.2) is 18.4 Å². The average Bonchev–Trinajstić information content (AvgIpc) is 3.11. The Bertz CT molecular complexity index is 1060. The molecule has 0 saturated carbocycles. The first-order valence-electron chi connectivity index (χ1n) is 11.0. The molecule has 2 aliphatic rings. The van der Waals surface area contributed by atoms with E-state index >= 15 is 0 Å². The normalized spacial score (nSPS) is 18.4. The van der Waals surface area contributed by atoms with Crippen LogP contribution >= 0.6 is 0 Å². The number of aryl methyl sites for hydroxylation is 2. The van der Waals surface area contributed by atoms with Gasteiger partial charge in [0.25, 0.3) is 5.91 Å². The summed E-state index contributed by atoms with van der Waals surface area (Å²) < 4.78 is 24.8. The Morgan fingerprint density at radius 2 is 1.77 bits per heavy atom. The Morgan fingerprint density at radius 3 is 2.35 bits per heavy atom. The molecule has 0 bridgehead atoms. The van der Waals surface area contributed by atoms with E-state index in [1.54, 1.807) is 0 Å². The lowest BCUT2D eigenvalue weighted by molar-refractivity contribution is 0.0710. The molecule has 0 spiro atoms. The van der Waals surface area contributed by atoms with Gasteiger partial charge in [0.15, 0.2) is 9.84 Å². The molecule has 31 heavy (non-hydrogen) atoms. The number of nitrogens with one attached hydrogen (secondary N) is 1. The Balaban J connectivity index is 1.55. The first-order chi connectivity index (χ1) is 14.7. The number of rotatable bonds is 4. The van der Waals surface area contributed by atoms with Gasteiger partial charge in [-0.05, 0) is 52.0 Å². The van der Waals surface area contributed by atoms with Crippen molar-refractivity contribution in [2.75, 3.05) is 37.3 Å². The van der Waals surface area contributed by atoms with E-state index in [9.17, 15) is 13.2 Å². The monoisotopic (exact) mass is 445 g/mol. The maximum absolute atomic E-state index is 12.9. The van der Waals surface area contributed by atoms with Crippen LogP contribution in [0.1, 0.15) is 65.5 Å². The Kier molecular flexibility index (Phi) is 6.05. The van der Waals surface area contributed by atoms with Gasteiger partial charge in [-0.1, -0.05) is 0 Å². The van der Waals surface area contributed by atoms with Crippen molar-refractivity contribution in [3.8, 4) is 0 Å². The molecule has 0 atom stereocenters. The van der Waals surface area contributed by atoms with Gasteiger partial charge in [-0.2, -0.15) is 0 Å². The van der Waals surface area contributed by atoms with E-state index in [0.717, 1.165) is 37.3 Å². The molecule has 168 valence electrons. The van der Waals surface area contributed by atoms with Gasteiger partial charge >= 0.3 is 0 Å². The van der Waals surface area contributed by atoms with E-state index in [2.05, 4.69) is 14.9 Å². The smallest absolute Gasteiger partial charge is 0.255 e. The average molecular weight is 446 g/mol. The van der Waals surface area contributed by atoms with Crippen LogP contribution in [0.4, 0.5) is 5.95 Å². The maximum Gasteiger partial charge on any atom is 0.255 e. The van der Waals surface area contributed by atoms with Crippen LogP contribution in [0.2, 0.25) is 0 Å². The number of H-pyrrole nitrogens is 1. The third-order valence-corrected chi connectivity index (χ3v) is 7.47. The maximum atomic E-state index is 12.9. The van der Waals surface area contributed by atoms with E-state index in [1.165, 1.54) is 18.9 Å². The van der Waals surface area contributed by atoms with Gasteiger partial charge in [0.05, 0.1) is 17.5 Å². The van der Waals surface area contributed by atoms with Crippen molar-refractivity contribution in [3.63, 3.8) is 0 Å². The number of aromatic amines is 1. The molecule has 2 aliphatic heterocycles. The predicted octanol–water partition coefficient (Wildman–Crippen LogP) is 2.84. The van der Waals surface area contributed by atoms with E-state index in [-0.39, 0.29) is 16.7 Å². The minimum atomic E-state index is -3.43. The van der Waals surface area contributed by atoms with Crippen molar-refractivity contribution in [2.45, 2.75) is 56.8 Å². The van der Waals surface area contributed by atoms with Crippen molar-refractivity contribution < 1.29 is 13.2 Å². The van der Waals surface area contributed by atoms with Crippen molar-refractivity contribution in [1.29, 1.82) is 0 Å². The van der Waals surface area contributed by atoms with Crippen molar-refractivity contribution in [2.24, 2.45) is 0 Å². The minimum absolute atomic E-state index is 0.00521. The van der Waals surface area contributed by atoms with Gasteiger partial charge < -0.3 is 14.8 Å². The molecule has 4 rings (SSSR count). The van der Waals surface area contributed by atoms with Crippen molar-refractivity contribution in [1.82, 2.24) is 19.9 Å². The van der Waals surface area contributed by atoms with Gasteiger partial charge in [-0.3, -0.25) is 4.79 Å². The lowest BCUT2D eigenvalue weighted by Gasteiger charge is -2.33. The number of amides is 1. The second-order valence-electron chi connectivity index (χ2n) is 8.80. The fourth-order valence-corrected chi connectivity index (χ4v) is 5.51. The number of nitrogens with zero attached hydrogens (tertiary/aromatic N) is 4. The van der Waals surface area contributed by atoms with Gasteiger partial charge in [0.1, 0.15) is 4.90 Å². The molecule has 0 aromatic carbocycles. The quantitative estimate of drug-likeness (QED) is 0.777. The molecule has 4 heterocycles. The molecule has 0 aliphatic carbocycles. The van der Waals surface area contributed by atoms with Gasteiger partial charge in [-0.15, -0.1) is 0 Å². The van der Waals surface area contributed by atoms with Crippen LogP contribution in [0.5, 0.6) is 0 Å². The number of likely N-dealkylation sites (tertiary alicyclic amines) is 1. The molecule has 2 fully saturated rings. The summed E-state index contributed by atoms with van der Waals surface area (Å²) in [6.07, 6.45) is 7.48. The third-order valence-electron chi connectivity index (χ3n) is 6.36. The molecule has 0 radical (unpaired) electrons. The first kappa shape index (κ1) is 21.8. The summed E-state index contributed by atoms with van der Waals surface area (Å²) in [7, 11) is -3.43. The van der Waals surface area contributed by atoms with E-state index in [4.69, 9.17) is 4.98 Å². The van der Waals surface area contributed by atoms with Crippen LogP contribution in [-0.4, -0.2) is 66.6 Å². The summed E-state index contributed by atoms with van der Waals surface area (Å²) in [5, 5.41) is 0. The summed E-state index contributed by atoms with van der Waals surface area (Å²) >= 11 is 0. The zero-order valence-corrected chi connectivity index (χ0v) is 19.3. The van der Waals surface area contributed by atoms with Crippen molar-refractivity contribution in [3.05, 3.63) is 34.9 Å². The second-order valence-corrected chi connectivity index (χ2v) is 10.8. The fourth-order valence-electron chi connectivity index (χ4n) is 4.67. The molecule has 2 saturated heterocycles. The number of carbonyl (C=O) groups excluding carboxylic acids is 1. The number of hydrogen-bond donors (Lipinski definition) is 1. The van der Waals surface area contributed by atoms with Crippen molar-refractivity contribution >= 4 is 21.7 Å². The molecule has 2 aromatic heterocycles. The van der Waals surface area contributed by atoms with Gasteiger partial charge in [0, 0.05) is 49.7 Å². The summed E-state index contributed by atoms with van der Waals surface area (Å²) in [6, 6.07) is 1.89. The van der Waals surface area contributed by atoms with E-state index in [0.29, 0.717) is 43.1 Å². The summed E-state index contributed by atoms with van der Waals surface area (Å²) in [6.45, 7) is 6.82. The van der Waals surface area contributed by atoms with E-state index < -0.39 is 9.84 Å². The van der Waals surface area contributed by atoms with E-state index in [1.807, 2.05) is 24.8 Å². The number of sulfone groups is 1. The van der Waals surface area contributed by atoms with Crippen LogP contribution in [0, 0.1) is 13.8 Å². The zero-order valence-electron chi connectivity index (χ0n) is 18.5. The van der Waals surface area contributed by atoms with Crippen LogP contribution in [0.25, 0.3) is 0 Å². The molecule has 1 N–H and O–H groups in total. The highest BCUT2D eigenvalue weighted by molar-refractivity contribution is 7.90. The number of anilines is 1. The largest absolute Gasteiger partial charge is 0.362 e. The number of piperidine rings is 2. The standard InChI is InChI=1S/C22H31N5O3S/c1-15-13-18(16(2)24-15)21(28)26-11-7-17(8-12-26)20-19(31(3,29)30)14-23-22(25-20)27-9-5-4-6-10-27/h13-14,17,24H,4-12H2,1-3H3. The summed E-state index contributed by atoms with van der Waals surface area (Å²) in [4.78, 5) is 29.5. The van der Waals surface area contributed by atoms with Crippen LogP contribution < -0.4 is 4.90 Å². The Hall–Kier alpha value is -2.42. The molecule has 0 unspecified atom stereocenters. The zero-order chi connectivity index (χ0) is 22.2.